The molecule has 0 aliphatic carbocycles. The first-order chi connectivity index (χ1) is 9.06. The summed E-state index contributed by atoms with van der Waals surface area (Å²) in [6, 6.07) is 7.76. The fourth-order valence-corrected chi connectivity index (χ4v) is 2.28. The normalized spacial score (nSPS) is 11.9. The Morgan fingerprint density at radius 1 is 1.21 bits per heavy atom. The fourth-order valence-electron chi connectivity index (χ4n) is 1.81. The Morgan fingerprint density at radius 2 is 2.05 bits per heavy atom. The summed E-state index contributed by atoms with van der Waals surface area (Å²) < 4.78 is 35.8. The molecule has 0 aliphatic rings. The van der Waals surface area contributed by atoms with Crippen molar-refractivity contribution in [1.29, 1.82) is 0 Å². The van der Waals surface area contributed by atoms with E-state index in [0.717, 1.165) is 16.3 Å². The lowest BCUT2D eigenvalue weighted by molar-refractivity contribution is -0.0327. The van der Waals surface area contributed by atoms with Crippen LogP contribution in [0.15, 0.2) is 36.7 Å². The van der Waals surface area contributed by atoms with Gasteiger partial charge in [0.15, 0.2) is 0 Å². The number of halogens is 3. The molecule has 0 atom stereocenters. The lowest BCUT2D eigenvalue weighted by Gasteiger charge is -2.09. The maximum absolute atomic E-state index is 11.9. The minimum absolute atomic E-state index is 0.000166. The Bertz CT molecular complexity index is 537. The van der Waals surface area contributed by atoms with Crippen LogP contribution in [0.1, 0.15) is 5.56 Å². The minimum atomic E-state index is -4.15. The van der Waals surface area contributed by atoms with Gasteiger partial charge in [-0.3, -0.25) is 4.98 Å². The Morgan fingerprint density at radius 3 is 2.84 bits per heavy atom. The molecule has 6 heteroatoms. The molecule has 102 valence electrons. The zero-order valence-corrected chi connectivity index (χ0v) is 10.9. The van der Waals surface area contributed by atoms with Gasteiger partial charge in [-0.25, -0.2) is 0 Å². The molecule has 1 aromatic heterocycles. The average molecular weight is 286 g/mol. The fraction of sp³-hybridized carbons (Fsp3) is 0.308. The van der Waals surface area contributed by atoms with Crippen LogP contribution in [0.5, 0.6) is 0 Å². The summed E-state index contributed by atoms with van der Waals surface area (Å²) in [4.78, 5) is 4.04. The predicted octanol–water partition coefficient (Wildman–Crippen LogP) is 3.58. The molecule has 1 N–H and O–H groups in total. The van der Waals surface area contributed by atoms with E-state index in [1.807, 2.05) is 24.3 Å². The Hall–Kier alpha value is -1.27. The number of nitrogens with one attached hydrogen (secondary N) is 1. The van der Waals surface area contributed by atoms with Crippen molar-refractivity contribution in [3.05, 3.63) is 42.2 Å². The summed E-state index contributed by atoms with van der Waals surface area (Å²) in [5, 5.41) is 5.14. The van der Waals surface area contributed by atoms with Gasteiger partial charge in [0.2, 0.25) is 0 Å². The van der Waals surface area contributed by atoms with E-state index in [0.29, 0.717) is 13.1 Å². The highest BCUT2D eigenvalue weighted by molar-refractivity contribution is 8.00. The Kier molecular flexibility index (Phi) is 4.66. The summed E-state index contributed by atoms with van der Waals surface area (Å²) >= 11 is -0.000166. The topological polar surface area (TPSA) is 24.9 Å². The third kappa shape index (κ3) is 4.40. The lowest BCUT2D eigenvalue weighted by atomic mass is 10.1. The third-order valence-corrected chi connectivity index (χ3v) is 3.37. The summed E-state index contributed by atoms with van der Waals surface area (Å²) in [6.45, 7) is 0.880. The molecule has 2 aromatic rings. The van der Waals surface area contributed by atoms with Crippen LogP contribution in [0, 0.1) is 0 Å². The van der Waals surface area contributed by atoms with Crippen molar-refractivity contribution in [2.75, 3.05) is 12.3 Å². The molecule has 0 amide bonds. The number of benzene rings is 1. The van der Waals surface area contributed by atoms with Crippen molar-refractivity contribution in [3.8, 4) is 0 Å². The minimum Gasteiger partial charge on any atom is -0.312 e. The van der Waals surface area contributed by atoms with Gasteiger partial charge < -0.3 is 5.32 Å². The number of alkyl halides is 3. The molecule has 0 bridgehead atoms. The van der Waals surface area contributed by atoms with Crippen LogP contribution >= 0.6 is 11.8 Å². The highest BCUT2D eigenvalue weighted by Gasteiger charge is 2.27. The van der Waals surface area contributed by atoms with Gasteiger partial charge in [-0.2, -0.15) is 13.2 Å². The van der Waals surface area contributed by atoms with E-state index in [1.165, 1.54) is 0 Å². The summed E-state index contributed by atoms with van der Waals surface area (Å²) in [5.74, 6) is 0.0236. The maximum atomic E-state index is 11.9. The number of nitrogens with zero attached hydrogens (tertiary/aromatic N) is 1. The van der Waals surface area contributed by atoms with Crippen molar-refractivity contribution in [3.63, 3.8) is 0 Å². The van der Waals surface area contributed by atoms with Crippen molar-refractivity contribution >= 4 is 22.5 Å². The van der Waals surface area contributed by atoms with E-state index in [1.54, 1.807) is 12.4 Å². The van der Waals surface area contributed by atoms with Crippen LogP contribution in [-0.4, -0.2) is 22.8 Å². The number of aromatic nitrogens is 1. The molecule has 0 aliphatic heterocycles. The van der Waals surface area contributed by atoms with Crippen molar-refractivity contribution in [1.82, 2.24) is 10.3 Å². The van der Waals surface area contributed by atoms with Gasteiger partial charge in [0.1, 0.15) is 0 Å². The highest BCUT2D eigenvalue weighted by atomic mass is 32.2. The quantitative estimate of drug-likeness (QED) is 0.850. The van der Waals surface area contributed by atoms with Gasteiger partial charge in [0, 0.05) is 36.6 Å². The number of rotatable bonds is 5. The van der Waals surface area contributed by atoms with Crippen LogP contribution in [0.4, 0.5) is 13.2 Å². The first-order valence-corrected chi connectivity index (χ1v) is 6.78. The zero-order chi connectivity index (χ0) is 13.7. The van der Waals surface area contributed by atoms with E-state index >= 15 is 0 Å². The van der Waals surface area contributed by atoms with Crippen molar-refractivity contribution in [2.24, 2.45) is 0 Å². The molecule has 0 saturated carbocycles. The van der Waals surface area contributed by atoms with Crippen LogP contribution < -0.4 is 5.32 Å². The number of fused-ring (bicyclic) bond motifs is 1. The van der Waals surface area contributed by atoms with Crippen LogP contribution in [-0.2, 0) is 6.54 Å². The molecule has 0 saturated heterocycles. The second-order valence-corrected chi connectivity index (χ2v) is 5.14. The van der Waals surface area contributed by atoms with Gasteiger partial charge in [-0.1, -0.05) is 18.2 Å². The molecule has 2 nitrogen and oxygen atoms in total. The van der Waals surface area contributed by atoms with E-state index in [9.17, 15) is 13.2 Å². The molecular weight excluding hydrogens is 273 g/mol. The van der Waals surface area contributed by atoms with Crippen LogP contribution in [0.2, 0.25) is 0 Å². The molecule has 0 radical (unpaired) electrons. The second kappa shape index (κ2) is 6.25. The molecule has 2 rings (SSSR count). The van der Waals surface area contributed by atoms with E-state index < -0.39 is 5.51 Å². The van der Waals surface area contributed by atoms with Gasteiger partial charge in [0.25, 0.3) is 0 Å². The van der Waals surface area contributed by atoms with E-state index in [-0.39, 0.29) is 17.5 Å². The van der Waals surface area contributed by atoms with Gasteiger partial charge in [0.05, 0.1) is 0 Å². The molecule has 0 unspecified atom stereocenters. The van der Waals surface area contributed by atoms with Gasteiger partial charge >= 0.3 is 5.51 Å². The van der Waals surface area contributed by atoms with Crippen molar-refractivity contribution < 1.29 is 13.2 Å². The summed E-state index contributed by atoms with van der Waals surface area (Å²) in [6.07, 6.45) is 3.49. The molecule has 1 heterocycles. The largest absolute Gasteiger partial charge is 0.441 e. The maximum Gasteiger partial charge on any atom is 0.441 e. The van der Waals surface area contributed by atoms with Crippen molar-refractivity contribution in [2.45, 2.75) is 12.1 Å². The number of hydrogen-bond donors (Lipinski definition) is 1. The highest BCUT2D eigenvalue weighted by Crippen LogP contribution is 2.29. The Labute approximate surface area is 113 Å². The molecular formula is C13H13F3N2S. The Balaban J connectivity index is 1.88. The predicted molar refractivity (Wildman–Crippen MR) is 72.0 cm³/mol. The van der Waals surface area contributed by atoms with E-state index in [4.69, 9.17) is 0 Å². The molecule has 19 heavy (non-hydrogen) atoms. The first kappa shape index (κ1) is 14.1. The lowest BCUT2D eigenvalue weighted by Crippen LogP contribution is -2.18. The van der Waals surface area contributed by atoms with Gasteiger partial charge in [-0.15, -0.1) is 0 Å². The summed E-state index contributed by atoms with van der Waals surface area (Å²) in [7, 11) is 0. The number of hydrogen-bond acceptors (Lipinski definition) is 3. The van der Waals surface area contributed by atoms with E-state index in [2.05, 4.69) is 10.3 Å². The smallest absolute Gasteiger partial charge is 0.312 e. The molecule has 1 aromatic carbocycles. The first-order valence-electron chi connectivity index (χ1n) is 5.79. The molecule has 0 spiro atoms. The average Bonchev–Trinajstić information content (AvgIpc) is 2.37. The SMILES string of the molecule is FC(F)(F)SCCNCc1cccc2cnccc12. The molecule has 0 fully saturated rings. The number of pyridine rings is 1. The number of thioether (sulfide) groups is 1. The second-order valence-electron chi connectivity index (χ2n) is 3.98. The monoisotopic (exact) mass is 286 g/mol. The third-order valence-electron chi connectivity index (χ3n) is 2.63. The van der Waals surface area contributed by atoms with Crippen LogP contribution in [0.25, 0.3) is 10.8 Å². The van der Waals surface area contributed by atoms with Crippen LogP contribution in [0.3, 0.4) is 0 Å². The zero-order valence-electron chi connectivity index (χ0n) is 10.1. The standard InChI is InChI=1S/C13H13F3N2S/c14-13(15,16)19-7-6-18-9-11-3-1-2-10-8-17-5-4-12(10)11/h1-5,8,18H,6-7,9H2. The van der Waals surface area contributed by atoms with Gasteiger partial charge in [-0.05, 0) is 28.8 Å². The summed E-state index contributed by atoms with van der Waals surface area (Å²) in [5.41, 5.74) is -3.08.